The van der Waals surface area contributed by atoms with Gasteiger partial charge in [0.15, 0.2) is 5.82 Å². The summed E-state index contributed by atoms with van der Waals surface area (Å²) in [6.07, 6.45) is 10.4. The lowest BCUT2D eigenvalue weighted by atomic mass is 9.77. The molecule has 0 fully saturated rings. The van der Waals surface area contributed by atoms with Crippen LogP contribution in [0.15, 0.2) is 18.7 Å². The van der Waals surface area contributed by atoms with Crippen LogP contribution in [0, 0.1) is 0 Å². The second-order valence-corrected chi connectivity index (χ2v) is 6.27. The highest BCUT2D eigenvalue weighted by molar-refractivity contribution is 5.49. The molecule has 0 aliphatic carbocycles. The molecule has 0 aromatic carbocycles. The lowest BCUT2D eigenvalue weighted by Crippen LogP contribution is -2.25. The van der Waals surface area contributed by atoms with Crippen LogP contribution in [0.2, 0.25) is 0 Å². The fourth-order valence-electron chi connectivity index (χ4n) is 3.21. The molecule has 120 valence electrons. The Kier molecular flexibility index (Phi) is 5.63. The van der Waals surface area contributed by atoms with E-state index in [1.165, 1.54) is 56.9 Å². The van der Waals surface area contributed by atoms with Crippen molar-refractivity contribution in [2.24, 2.45) is 7.05 Å². The third-order valence-corrected chi connectivity index (χ3v) is 4.35. The van der Waals surface area contributed by atoms with Crippen molar-refractivity contribution in [1.29, 1.82) is 0 Å². The van der Waals surface area contributed by atoms with Crippen molar-refractivity contribution >= 4 is 0 Å². The van der Waals surface area contributed by atoms with E-state index in [-0.39, 0.29) is 5.41 Å². The van der Waals surface area contributed by atoms with Gasteiger partial charge in [-0.2, -0.15) is 5.10 Å². The molecule has 5 nitrogen and oxygen atoms in total. The summed E-state index contributed by atoms with van der Waals surface area (Å²) in [4.78, 5) is 12.3. The summed E-state index contributed by atoms with van der Waals surface area (Å²) >= 11 is 0. The molecule has 5 heteroatoms. The summed E-state index contributed by atoms with van der Waals surface area (Å²) in [7, 11) is 2.02. The molecule has 1 atom stereocenters. The van der Waals surface area contributed by atoms with E-state index in [9.17, 15) is 0 Å². The summed E-state index contributed by atoms with van der Waals surface area (Å²) in [5.74, 6) is 0.643. The quantitative estimate of drug-likeness (QED) is 0.694. The second kappa shape index (κ2) is 7.47. The number of hydrogen-bond donors (Lipinski definition) is 0. The van der Waals surface area contributed by atoms with Gasteiger partial charge in [0.1, 0.15) is 18.3 Å². The van der Waals surface area contributed by atoms with Crippen molar-refractivity contribution in [2.75, 3.05) is 0 Å². The number of unbranched alkanes of at least 4 members (excludes halogenated alkanes) is 2. The molecule has 0 aliphatic rings. The average Bonchev–Trinajstić information content (AvgIpc) is 2.91. The third-order valence-electron chi connectivity index (χ3n) is 4.35. The Balaban J connectivity index is 2.30. The minimum Gasteiger partial charge on any atom is -0.271 e. The number of rotatable bonds is 8. The predicted octanol–water partition coefficient (Wildman–Crippen LogP) is 3.91. The van der Waals surface area contributed by atoms with Crippen LogP contribution in [-0.2, 0) is 12.5 Å². The van der Waals surface area contributed by atoms with Crippen molar-refractivity contribution in [3.63, 3.8) is 0 Å². The molecule has 2 rings (SSSR count). The summed E-state index contributed by atoms with van der Waals surface area (Å²) in [5.41, 5.74) is 2.27. The fraction of sp³-hybridized carbons (Fsp3) is 0.647. The topological polar surface area (TPSA) is 56.5 Å². The van der Waals surface area contributed by atoms with E-state index >= 15 is 0 Å². The first-order chi connectivity index (χ1) is 10.6. The van der Waals surface area contributed by atoms with E-state index in [4.69, 9.17) is 0 Å². The zero-order valence-electron chi connectivity index (χ0n) is 14.2. The van der Waals surface area contributed by atoms with Gasteiger partial charge in [-0.05, 0) is 18.9 Å². The molecular weight excluding hydrogens is 274 g/mol. The van der Waals surface area contributed by atoms with Gasteiger partial charge < -0.3 is 0 Å². The maximum atomic E-state index is 4.62. The highest BCUT2D eigenvalue weighted by Gasteiger charge is 2.29. The van der Waals surface area contributed by atoms with Crippen LogP contribution in [0.3, 0.4) is 0 Å². The van der Waals surface area contributed by atoms with E-state index in [0.29, 0.717) is 5.82 Å². The van der Waals surface area contributed by atoms with Gasteiger partial charge in [-0.1, -0.05) is 46.5 Å². The van der Waals surface area contributed by atoms with Gasteiger partial charge in [0.05, 0.1) is 0 Å². The van der Waals surface area contributed by atoms with Crippen LogP contribution in [-0.4, -0.2) is 24.7 Å². The number of hydrogen-bond acceptors (Lipinski definition) is 4. The maximum Gasteiger partial charge on any atom is 0.183 e. The molecule has 0 radical (unpaired) electrons. The van der Waals surface area contributed by atoms with Gasteiger partial charge in [0.2, 0.25) is 0 Å². The van der Waals surface area contributed by atoms with Gasteiger partial charge in [0.25, 0.3) is 0 Å². The smallest absolute Gasteiger partial charge is 0.183 e. The zero-order valence-corrected chi connectivity index (χ0v) is 14.2. The molecule has 22 heavy (non-hydrogen) atoms. The van der Waals surface area contributed by atoms with E-state index in [0.717, 1.165) is 5.69 Å². The lowest BCUT2D eigenvalue weighted by Gasteiger charge is -2.29. The first-order valence-electron chi connectivity index (χ1n) is 8.27. The first-order valence-corrected chi connectivity index (χ1v) is 8.27. The van der Waals surface area contributed by atoms with Gasteiger partial charge in [-0.15, -0.1) is 0 Å². The van der Waals surface area contributed by atoms with Crippen molar-refractivity contribution < 1.29 is 0 Å². The SMILES string of the molecule is CCCCCC(C)(CCC)c1cc(-c2ncncn2)nn1C. The molecule has 2 aromatic heterocycles. The highest BCUT2D eigenvalue weighted by atomic mass is 15.3. The zero-order chi connectivity index (χ0) is 16.0. The van der Waals surface area contributed by atoms with Crippen molar-refractivity contribution in [2.45, 2.75) is 64.7 Å². The minimum atomic E-state index is 0.164. The molecule has 2 heterocycles. The van der Waals surface area contributed by atoms with Crippen molar-refractivity contribution in [3.8, 4) is 11.5 Å². The molecule has 0 aliphatic heterocycles. The Morgan fingerprint density at radius 2 is 1.77 bits per heavy atom. The number of aryl methyl sites for hydroxylation is 1. The summed E-state index contributed by atoms with van der Waals surface area (Å²) in [6, 6.07) is 2.15. The Labute approximate surface area is 133 Å². The molecule has 0 N–H and O–H groups in total. The second-order valence-electron chi connectivity index (χ2n) is 6.27. The van der Waals surface area contributed by atoms with Crippen molar-refractivity contribution in [3.05, 3.63) is 24.4 Å². The number of aromatic nitrogens is 5. The van der Waals surface area contributed by atoms with E-state index in [1.807, 2.05) is 11.7 Å². The van der Waals surface area contributed by atoms with Crippen LogP contribution in [0.25, 0.3) is 11.5 Å². The maximum absolute atomic E-state index is 4.62. The van der Waals surface area contributed by atoms with Crippen molar-refractivity contribution in [1.82, 2.24) is 24.7 Å². The Morgan fingerprint density at radius 1 is 1.05 bits per heavy atom. The van der Waals surface area contributed by atoms with Crippen LogP contribution in [0.4, 0.5) is 0 Å². The van der Waals surface area contributed by atoms with Crippen LogP contribution in [0.5, 0.6) is 0 Å². The molecule has 0 amide bonds. The Morgan fingerprint density at radius 3 is 2.41 bits per heavy atom. The average molecular weight is 301 g/mol. The Hall–Kier alpha value is -1.78. The molecular formula is C17H27N5. The minimum absolute atomic E-state index is 0.164. The van der Waals surface area contributed by atoms with Gasteiger partial charge in [0, 0.05) is 18.2 Å². The third kappa shape index (κ3) is 3.70. The molecule has 1 unspecified atom stereocenters. The summed E-state index contributed by atoms with van der Waals surface area (Å²) in [5, 5.41) is 4.62. The van der Waals surface area contributed by atoms with Gasteiger partial charge in [-0.3, -0.25) is 4.68 Å². The first kappa shape index (κ1) is 16.6. The molecule has 0 saturated heterocycles. The normalized spacial score (nSPS) is 14.0. The largest absolute Gasteiger partial charge is 0.271 e. The molecule has 0 bridgehead atoms. The van der Waals surface area contributed by atoms with Crippen LogP contribution >= 0.6 is 0 Å². The molecule has 2 aromatic rings. The summed E-state index contributed by atoms with van der Waals surface area (Å²) in [6.45, 7) is 6.86. The standard InChI is InChI=1S/C17H27N5/c1-5-7-8-10-17(3,9-6-2)15-11-14(21-22(15)4)16-19-12-18-13-20-16/h11-13H,5-10H2,1-4H3. The summed E-state index contributed by atoms with van der Waals surface area (Å²) < 4.78 is 2.00. The van der Waals surface area contributed by atoms with Gasteiger partial charge >= 0.3 is 0 Å². The van der Waals surface area contributed by atoms with E-state index < -0.39 is 0 Å². The van der Waals surface area contributed by atoms with Gasteiger partial charge in [-0.25, -0.2) is 15.0 Å². The van der Waals surface area contributed by atoms with E-state index in [1.54, 1.807) is 0 Å². The highest BCUT2D eigenvalue weighted by Crippen LogP contribution is 2.35. The lowest BCUT2D eigenvalue weighted by molar-refractivity contribution is 0.355. The predicted molar refractivity (Wildman–Crippen MR) is 88.4 cm³/mol. The van der Waals surface area contributed by atoms with Crippen LogP contribution in [0.1, 0.15) is 65.0 Å². The van der Waals surface area contributed by atoms with Crippen LogP contribution < -0.4 is 0 Å². The fourth-order valence-corrected chi connectivity index (χ4v) is 3.21. The molecule has 0 spiro atoms. The number of nitrogens with zero attached hydrogens (tertiary/aromatic N) is 5. The Bertz CT molecular complexity index is 578. The van der Waals surface area contributed by atoms with E-state index in [2.05, 4.69) is 46.9 Å². The molecule has 0 saturated carbocycles. The monoisotopic (exact) mass is 301 g/mol.